The standard InChI is InChI=1S/C16H21N3O2/c1-19(2)6-5-12-9-17-15-4-3-11(8-14(12)15)7-13-10-21-16(20)18-13/h3-4,8-9,13,17H,5-7,10H2,1-2H3,(H,18,20)/t13-/m0/s1/i1D3,2D3. The number of carbonyl (C=O) groups is 1. The molecule has 5 nitrogen and oxygen atoms in total. The Morgan fingerprint density at radius 1 is 1.48 bits per heavy atom. The highest BCUT2D eigenvalue weighted by Gasteiger charge is 2.22. The summed E-state index contributed by atoms with van der Waals surface area (Å²) in [6.07, 6.45) is 2.25. The number of cyclic esters (lactones) is 1. The minimum Gasteiger partial charge on any atom is -0.447 e. The third-order valence-corrected chi connectivity index (χ3v) is 3.66. The predicted octanol–water partition coefficient (Wildman–Crippen LogP) is 1.92. The molecular weight excluding hydrogens is 266 g/mol. The van der Waals surface area contributed by atoms with Gasteiger partial charge in [0.25, 0.3) is 0 Å². The molecule has 3 rings (SSSR count). The summed E-state index contributed by atoms with van der Waals surface area (Å²) in [5.74, 6) is 0. The molecule has 1 aromatic carbocycles. The molecule has 5 heteroatoms. The number of alkyl carbamates (subject to hydrolysis) is 1. The Bertz CT molecular complexity index is 816. The van der Waals surface area contributed by atoms with Crippen LogP contribution in [0.3, 0.4) is 0 Å². The van der Waals surface area contributed by atoms with E-state index in [9.17, 15) is 4.79 Å². The van der Waals surface area contributed by atoms with Crippen molar-refractivity contribution in [1.82, 2.24) is 15.2 Å². The zero-order valence-electron chi connectivity index (χ0n) is 17.5. The van der Waals surface area contributed by atoms with E-state index in [-0.39, 0.29) is 19.0 Å². The third-order valence-electron chi connectivity index (χ3n) is 3.66. The number of amides is 1. The molecule has 21 heavy (non-hydrogen) atoms. The normalized spacial score (nSPS) is 23.7. The van der Waals surface area contributed by atoms with Crippen LogP contribution in [-0.4, -0.2) is 49.1 Å². The van der Waals surface area contributed by atoms with E-state index in [0.717, 1.165) is 22.0 Å². The van der Waals surface area contributed by atoms with Crippen molar-refractivity contribution in [2.75, 3.05) is 27.1 Å². The summed E-state index contributed by atoms with van der Waals surface area (Å²) in [5, 5.41) is 3.64. The summed E-state index contributed by atoms with van der Waals surface area (Å²) in [7, 11) is 0. The second-order valence-corrected chi connectivity index (χ2v) is 5.24. The SMILES string of the molecule is [2H]C([2H])([2H])N(CCc1c[nH]c2ccc(C[C@H]3COC(=O)N3)cc12)C([2H])([2H])[2H]. The van der Waals surface area contributed by atoms with Crippen LogP contribution >= 0.6 is 0 Å². The van der Waals surface area contributed by atoms with Crippen LogP contribution in [0, 0.1) is 0 Å². The lowest BCUT2D eigenvalue weighted by Crippen LogP contribution is -2.28. The lowest BCUT2D eigenvalue weighted by atomic mass is 10.0. The van der Waals surface area contributed by atoms with Crippen molar-refractivity contribution in [2.24, 2.45) is 0 Å². The summed E-state index contributed by atoms with van der Waals surface area (Å²) in [4.78, 5) is 14.8. The van der Waals surface area contributed by atoms with Crippen LogP contribution in [0.5, 0.6) is 0 Å². The number of aromatic amines is 1. The number of benzene rings is 1. The Hall–Kier alpha value is -2.01. The summed E-state index contributed by atoms with van der Waals surface area (Å²) in [6, 6.07) is 5.75. The van der Waals surface area contributed by atoms with Crippen molar-refractivity contribution in [3.63, 3.8) is 0 Å². The number of H-pyrrole nitrogens is 1. The molecule has 0 aliphatic carbocycles. The highest BCUT2D eigenvalue weighted by molar-refractivity contribution is 5.84. The van der Waals surface area contributed by atoms with Crippen LogP contribution in [0.15, 0.2) is 24.4 Å². The van der Waals surface area contributed by atoms with Gasteiger partial charge in [0, 0.05) is 31.9 Å². The van der Waals surface area contributed by atoms with Gasteiger partial charge in [0.2, 0.25) is 0 Å². The minimum atomic E-state index is -2.69. The van der Waals surface area contributed by atoms with E-state index in [4.69, 9.17) is 13.0 Å². The van der Waals surface area contributed by atoms with Crippen molar-refractivity contribution in [3.8, 4) is 0 Å². The topological polar surface area (TPSA) is 57.4 Å². The van der Waals surface area contributed by atoms with Gasteiger partial charge in [-0.1, -0.05) is 6.07 Å². The van der Waals surface area contributed by atoms with Crippen LogP contribution in [0.1, 0.15) is 19.4 Å². The molecule has 1 amide bonds. The zero-order chi connectivity index (χ0) is 19.8. The molecule has 112 valence electrons. The fraction of sp³-hybridized carbons (Fsp3) is 0.438. The number of rotatable bonds is 5. The zero-order valence-corrected chi connectivity index (χ0v) is 11.5. The number of nitrogens with zero attached hydrogens (tertiary/aromatic N) is 1. The first kappa shape index (κ1) is 8.44. The van der Waals surface area contributed by atoms with Gasteiger partial charge in [-0.05, 0) is 50.1 Å². The van der Waals surface area contributed by atoms with E-state index in [0.29, 0.717) is 17.9 Å². The summed E-state index contributed by atoms with van der Waals surface area (Å²) in [5.41, 5.74) is 2.73. The molecule has 0 unspecified atom stereocenters. The largest absolute Gasteiger partial charge is 0.447 e. The van der Waals surface area contributed by atoms with Crippen LogP contribution in [0.2, 0.25) is 0 Å². The predicted molar refractivity (Wildman–Crippen MR) is 82.5 cm³/mol. The highest BCUT2D eigenvalue weighted by atomic mass is 16.6. The van der Waals surface area contributed by atoms with Crippen molar-refractivity contribution in [2.45, 2.75) is 18.9 Å². The molecule has 1 aromatic heterocycles. The fourth-order valence-corrected chi connectivity index (χ4v) is 2.61. The Morgan fingerprint density at radius 2 is 2.38 bits per heavy atom. The smallest absolute Gasteiger partial charge is 0.407 e. The second-order valence-electron chi connectivity index (χ2n) is 5.24. The van der Waals surface area contributed by atoms with Crippen molar-refractivity contribution in [1.29, 1.82) is 0 Å². The number of carbonyl (C=O) groups excluding carboxylic acids is 1. The fourth-order valence-electron chi connectivity index (χ4n) is 2.61. The molecule has 0 spiro atoms. The molecule has 1 aliphatic rings. The van der Waals surface area contributed by atoms with Gasteiger partial charge in [0.15, 0.2) is 0 Å². The Balaban J connectivity index is 1.76. The summed E-state index contributed by atoms with van der Waals surface area (Å²) in [6.45, 7) is -5.17. The molecule has 1 atom stereocenters. The lowest BCUT2D eigenvalue weighted by molar-refractivity contribution is 0.177. The van der Waals surface area contributed by atoms with Crippen LogP contribution in [-0.2, 0) is 17.6 Å². The second kappa shape index (κ2) is 5.77. The molecular formula is C16H21N3O2. The Morgan fingerprint density at radius 3 is 3.14 bits per heavy atom. The van der Waals surface area contributed by atoms with E-state index < -0.39 is 20.0 Å². The average molecular weight is 293 g/mol. The number of aromatic nitrogens is 1. The summed E-state index contributed by atoms with van der Waals surface area (Å²) < 4.78 is 49.6. The molecule has 0 bridgehead atoms. The van der Waals surface area contributed by atoms with E-state index in [1.807, 2.05) is 18.2 Å². The van der Waals surface area contributed by atoms with Gasteiger partial charge in [-0.2, -0.15) is 0 Å². The van der Waals surface area contributed by atoms with E-state index in [2.05, 4.69) is 10.3 Å². The number of ether oxygens (including phenoxy) is 1. The quantitative estimate of drug-likeness (QED) is 0.885. The van der Waals surface area contributed by atoms with E-state index in [1.54, 1.807) is 6.20 Å². The maximum absolute atomic E-state index is 11.1. The van der Waals surface area contributed by atoms with E-state index >= 15 is 0 Å². The molecule has 0 radical (unpaired) electrons. The van der Waals surface area contributed by atoms with Crippen molar-refractivity contribution in [3.05, 3.63) is 35.5 Å². The number of likely N-dealkylation sites (N-methyl/N-ethyl adjacent to an activating group) is 1. The monoisotopic (exact) mass is 293 g/mol. The number of nitrogens with one attached hydrogen (secondary N) is 2. The molecule has 0 saturated carbocycles. The van der Waals surface area contributed by atoms with Crippen LogP contribution in [0.4, 0.5) is 4.79 Å². The molecule has 2 heterocycles. The van der Waals surface area contributed by atoms with Gasteiger partial charge >= 0.3 is 6.09 Å². The molecule has 1 fully saturated rings. The van der Waals surface area contributed by atoms with E-state index in [1.165, 1.54) is 0 Å². The molecule has 2 aromatic rings. The molecule has 1 saturated heterocycles. The van der Waals surface area contributed by atoms with Crippen LogP contribution in [0.25, 0.3) is 10.9 Å². The first-order chi connectivity index (χ1) is 12.5. The number of hydrogen-bond acceptors (Lipinski definition) is 3. The number of fused-ring (bicyclic) bond motifs is 1. The van der Waals surface area contributed by atoms with Gasteiger partial charge in [0.05, 0.1) is 6.04 Å². The molecule has 2 N–H and O–H groups in total. The Labute approximate surface area is 132 Å². The van der Waals surface area contributed by atoms with Gasteiger partial charge in [-0.3, -0.25) is 0 Å². The number of hydrogen-bond donors (Lipinski definition) is 2. The molecule has 1 aliphatic heterocycles. The van der Waals surface area contributed by atoms with Gasteiger partial charge < -0.3 is 19.9 Å². The minimum absolute atomic E-state index is 0.0843. The van der Waals surface area contributed by atoms with Gasteiger partial charge in [-0.15, -0.1) is 0 Å². The Kier molecular flexibility index (Phi) is 2.32. The maximum atomic E-state index is 11.1. The van der Waals surface area contributed by atoms with Gasteiger partial charge in [-0.25, -0.2) is 4.79 Å². The first-order valence-electron chi connectivity index (χ1n) is 9.84. The maximum Gasteiger partial charge on any atom is 0.407 e. The summed E-state index contributed by atoms with van der Waals surface area (Å²) >= 11 is 0. The lowest BCUT2D eigenvalue weighted by Gasteiger charge is -2.09. The van der Waals surface area contributed by atoms with Crippen LogP contribution < -0.4 is 5.32 Å². The average Bonchev–Trinajstić information content (AvgIpc) is 3.11. The van der Waals surface area contributed by atoms with Crippen molar-refractivity contribution < 1.29 is 17.8 Å². The first-order valence-corrected chi connectivity index (χ1v) is 6.84. The highest BCUT2D eigenvalue weighted by Crippen LogP contribution is 2.21. The van der Waals surface area contributed by atoms with Crippen molar-refractivity contribution >= 4 is 17.0 Å². The van der Waals surface area contributed by atoms with Gasteiger partial charge in [0.1, 0.15) is 6.61 Å². The third kappa shape index (κ3) is 3.19.